The van der Waals surface area contributed by atoms with Crippen LogP contribution >= 0.6 is 0 Å². The summed E-state index contributed by atoms with van der Waals surface area (Å²) in [5.41, 5.74) is 0.208. The first-order valence-corrected chi connectivity index (χ1v) is 8.60. The van der Waals surface area contributed by atoms with Crippen LogP contribution in [0.4, 0.5) is 0 Å². The minimum Gasteiger partial charge on any atom is -0.392 e. The second kappa shape index (κ2) is 7.24. The maximum Gasteiger partial charge on any atom is 0.0669 e. The van der Waals surface area contributed by atoms with Crippen LogP contribution in [0, 0.1) is 11.3 Å². The first kappa shape index (κ1) is 16.3. The van der Waals surface area contributed by atoms with Crippen LogP contribution < -0.4 is 10.6 Å². The molecule has 3 N–H and O–H groups in total. The van der Waals surface area contributed by atoms with Crippen LogP contribution in [0.15, 0.2) is 0 Å². The van der Waals surface area contributed by atoms with E-state index in [9.17, 15) is 5.11 Å². The molecule has 20 heavy (non-hydrogen) atoms. The van der Waals surface area contributed by atoms with Gasteiger partial charge in [-0.15, -0.1) is 0 Å². The van der Waals surface area contributed by atoms with Gasteiger partial charge in [-0.2, -0.15) is 0 Å². The highest BCUT2D eigenvalue weighted by Gasteiger charge is 2.33. The lowest BCUT2D eigenvalue weighted by molar-refractivity contribution is 0.106. The molecule has 2 aliphatic rings. The van der Waals surface area contributed by atoms with E-state index in [1.807, 2.05) is 0 Å². The second-order valence-corrected chi connectivity index (χ2v) is 8.08. The predicted molar refractivity (Wildman–Crippen MR) is 84.9 cm³/mol. The Morgan fingerprint density at radius 1 is 1.15 bits per heavy atom. The van der Waals surface area contributed by atoms with Crippen LogP contribution in [-0.4, -0.2) is 36.4 Å². The molecule has 0 radical (unpaired) electrons. The number of aliphatic hydroxyl groups is 1. The molecule has 2 rings (SSSR count). The Bertz CT molecular complexity index is 281. The fourth-order valence-electron chi connectivity index (χ4n) is 4.04. The van der Waals surface area contributed by atoms with Crippen LogP contribution in [0.2, 0.25) is 0 Å². The fourth-order valence-corrected chi connectivity index (χ4v) is 4.04. The Morgan fingerprint density at radius 2 is 1.90 bits per heavy atom. The van der Waals surface area contributed by atoms with Crippen molar-refractivity contribution in [2.75, 3.05) is 13.1 Å². The molecule has 3 nitrogen and oxygen atoms in total. The van der Waals surface area contributed by atoms with Gasteiger partial charge >= 0.3 is 0 Å². The molecule has 0 spiro atoms. The van der Waals surface area contributed by atoms with Gasteiger partial charge in [0, 0.05) is 18.6 Å². The van der Waals surface area contributed by atoms with Gasteiger partial charge in [-0.05, 0) is 50.0 Å². The Balaban J connectivity index is 1.79. The van der Waals surface area contributed by atoms with Gasteiger partial charge in [0.25, 0.3) is 0 Å². The minimum atomic E-state index is -0.214. The van der Waals surface area contributed by atoms with Gasteiger partial charge in [-0.3, -0.25) is 0 Å². The van der Waals surface area contributed by atoms with Crippen LogP contribution in [0.5, 0.6) is 0 Å². The molecule has 0 amide bonds. The predicted octanol–water partition coefficient (Wildman–Crippen LogP) is 2.68. The maximum absolute atomic E-state index is 10.2. The molecule has 2 fully saturated rings. The molecule has 0 aromatic carbocycles. The molecule has 0 aromatic heterocycles. The van der Waals surface area contributed by atoms with Gasteiger partial charge in [0.2, 0.25) is 0 Å². The molecule has 1 heterocycles. The summed E-state index contributed by atoms with van der Waals surface area (Å²) in [6.45, 7) is 8.54. The molecular formula is C17H34N2O. The van der Waals surface area contributed by atoms with Crippen LogP contribution in [-0.2, 0) is 0 Å². The highest BCUT2D eigenvalue weighted by Crippen LogP contribution is 2.30. The van der Waals surface area contributed by atoms with Crippen LogP contribution in [0.25, 0.3) is 0 Å². The van der Waals surface area contributed by atoms with E-state index in [1.54, 1.807) is 0 Å². The van der Waals surface area contributed by atoms with Gasteiger partial charge in [0.05, 0.1) is 6.10 Å². The Kier molecular flexibility index (Phi) is 5.88. The van der Waals surface area contributed by atoms with Crippen LogP contribution in [0.3, 0.4) is 0 Å². The third-order valence-corrected chi connectivity index (χ3v) is 4.90. The molecule has 4 atom stereocenters. The van der Waals surface area contributed by atoms with Crippen molar-refractivity contribution < 1.29 is 5.11 Å². The Labute approximate surface area is 124 Å². The molecule has 1 aliphatic heterocycles. The highest BCUT2D eigenvalue weighted by molar-refractivity contribution is 4.92. The lowest BCUT2D eigenvalue weighted by atomic mass is 9.79. The van der Waals surface area contributed by atoms with E-state index in [0.717, 1.165) is 18.9 Å². The van der Waals surface area contributed by atoms with E-state index in [0.29, 0.717) is 12.1 Å². The first-order valence-electron chi connectivity index (χ1n) is 8.60. The average molecular weight is 282 g/mol. The molecule has 0 bridgehead atoms. The van der Waals surface area contributed by atoms with Crippen molar-refractivity contribution in [1.29, 1.82) is 0 Å². The van der Waals surface area contributed by atoms with Crippen molar-refractivity contribution in [3.63, 3.8) is 0 Å². The van der Waals surface area contributed by atoms with Gasteiger partial charge in [0.15, 0.2) is 0 Å². The zero-order valence-electron chi connectivity index (χ0n) is 13.6. The summed E-state index contributed by atoms with van der Waals surface area (Å²) in [5.74, 6) is 0.771. The SMILES string of the molecule is CC(C)(C)CC(O)CNC1CCCCC1C1CCCN1. The van der Waals surface area contributed by atoms with Crippen molar-refractivity contribution in [2.24, 2.45) is 11.3 Å². The van der Waals surface area contributed by atoms with Crippen molar-refractivity contribution in [1.82, 2.24) is 10.6 Å². The average Bonchev–Trinajstić information content (AvgIpc) is 2.88. The van der Waals surface area contributed by atoms with Crippen molar-refractivity contribution in [3.8, 4) is 0 Å². The second-order valence-electron chi connectivity index (χ2n) is 8.08. The smallest absolute Gasteiger partial charge is 0.0669 e. The summed E-state index contributed by atoms with van der Waals surface area (Å²) in [7, 11) is 0. The summed E-state index contributed by atoms with van der Waals surface area (Å²) in [4.78, 5) is 0. The third-order valence-electron chi connectivity index (χ3n) is 4.90. The van der Waals surface area contributed by atoms with Crippen molar-refractivity contribution in [3.05, 3.63) is 0 Å². The molecule has 1 saturated heterocycles. The topological polar surface area (TPSA) is 44.3 Å². The van der Waals surface area contributed by atoms with Gasteiger partial charge in [0.1, 0.15) is 0 Å². The summed E-state index contributed by atoms with van der Waals surface area (Å²) in [6.07, 6.45) is 8.69. The van der Waals surface area contributed by atoms with E-state index >= 15 is 0 Å². The minimum absolute atomic E-state index is 0.208. The highest BCUT2D eigenvalue weighted by atomic mass is 16.3. The van der Waals surface area contributed by atoms with E-state index in [-0.39, 0.29) is 11.5 Å². The Morgan fingerprint density at radius 3 is 2.55 bits per heavy atom. The lowest BCUT2D eigenvalue weighted by Crippen LogP contribution is -2.49. The number of rotatable bonds is 5. The summed E-state index contributed by atoms with van der Waals surface area (Å²) < 4.78 is 0. The van der Waals surface area contributed by atoms with E-state index in [2.05, 4.69) is 31.4 Å². The quantitative estimate of drug-likeness (QED) is 0.726. The van der Waals surface area contributed by atoms with Gasteiger partial charge < -0.3 is 15.7 Å². The fraction of sp³-hybridized carbons (Fsp3) is 1.00. The van der Waals surface area contributed by atoms with E-state index in [1.165, 1.54) is 45.1 Å². The first-order chi connectivity index (χ1) is 9.46. The van der Waals surface area contributed by atoms with Crippen LogP contribution in [0.1, 0.15) is 65.7 Å². The Hall–Kier alpha value is -0.120. The molecule has 4 unspecified atom stereocenters. The van der Waals surface area contributed by atoms with Gasteiger partial charge in [-0.25, -0.2) is 0 Å². The maximum atomic E-state index is 10.2. The number of aliphatic hydroxyl groups excluding tert-OH is 1. The number of hydrogen-bond donors (Lipinski definition) is 3. The van der Waals surface area contributed by atoms with E-state index < -0.39 is 0 Å². The van der Waals surface area contributed by atoms with Crippen molar-refractivity contribution in [2.45, 2.75) is 83.9 Å². The van der Waals surface area contributed by atoms with Gasteiger partial charge in [-0.1, -0.05) is 33.6 Å². The number of hydrogen-bond acceptors (Lipinski definition) is 3. The van der Waals surface area contributed by atoms with Crippen molar-refractivity contribution >= 4 is 0 Å². The zero-order chi connectivity index (χ0) is 14.6. The molecule has 118 valence electrons. The summed E-state index contributed by atoms with van der Waals surface area (Å²) >= 11 is 0. The lowest BCUT2D eigenvalue weighted by Gasteiger charge is -2.37. The summed E-state index contributed by atoms with van der Waals surface area (Å²) in [6, 6.07) is 1.32. The molecular weight excluding hydrogens is 248 g/mol. The monoisotopic (exact) mass is 282 g/mol. The number of nitrogens with one attached hydrogen (secondary N) is 2. The zero-order valence-corrected chi connectivity index (χ0v) is 13.6. The largest absolute Gasteiger partial charge is 0.392 e. The molecule has 3 heteroatoms. The molecule has 1 saturated carbocycles. The standard InChI is InChI=1S/C17H34N2O/c1-17(2,3)11-13(20)12-19-16-8-5-4-7-14(16)15-9-6-10-18-15/h13-16,18-20H,4-12H2,1-3H3. The van der Waals surface area contributed by atoms with E-state index in [4.69, 9.17) is 0 Å². The third kappa shape index (κ3) is 5.01. The summed E-state index contributed by atoms with van der Waals surface area (Å²) in [5, 5.41) is 17.5. The molecule has 0 aromatic rings. The molecule has 1 aliphatic carbocycles. The normalized spacial score (nSPS) is 33.3.